The van der Waals surface area contributed by atoms with E-state index in [0.29, 0.717) is 29.8 Å². The molecule has 0 fully saturated rings. The average Bonchev–Trinajstić information content (AvgIpc) is 2.86. The van der Waals surface area contributed by atoms with Gasteiger partial charge >= 0.3 is 5.97 Å². The summed E-state index contributed by atoms with van der Waals surface area (Å²) < 4.78 is 23.7. The highest BCUT2D eigenvalue weighted by Crippen LogP contribution is 2.22. The van der Waals surface area contributed by atoms with Gasteiger partial charge in [0.1, 0.15) is 18.0 Å². The van der Waals surface area contributed by atoms with Gasteiger partial charge in [0.2, 0.25) is 0 Å². The predicted octanol–water partition coefficient (Wildman–Crippen LogP) is 3.28. The minimum Gasteiger partial charge on any atom is -0.489 e. The molecule has 1 aromatic rings. The van der Waals surface area contributed by atoms with Gasteiger partial charge in [-0.3, -0.25) is 9.59 Å². The Hall–Kier alpha value is -2.37. The van der Waals surface area contributed by atoms with Crippen LogP contribution in [0, 0.1) is 0 Å². The smallest absolute Gasteiger partial charge is 0.306 e. The number of hydrogen-bond donors (Lipinski definition) is 1. The molecular formula is C18H22FNO4. The molecule has 1 aliphatic rings. The highest BCUT2D eigenvalue weighted by atomic mass is 19.1. The predicted molar refractivity (Wildman–Crippen MR) is 87.4 cm³/mol. The molecule has 1 aliphatic heterocycles. The first-order valence-corrected chi connectivity index (χ1v) is 7.82. The van der Waals surface area contributed by atoms with Crippen LogP contribution in [0.1, 0.15) is 49.5 Å². The van der Waals surface area contributed by atoms with Crippen molar-refractivity contribution < 1.29 is 23.5 Å². The second-order valence-corrected chi connectivity index (χ2v) is 6.64. The summed E-state index contributed by atoms with van der Waals surface area (Å²) in [5.41, 5.74) is 1.31. The van der Waals surface area contributed by atoms with E-state index in [1.807, 2.05) is 0 Å². The van der Waals surface area contributed by atoms with Crippen molar-refractivity contribution in [1.82, 2.24) is 5.32 Å². The topological polar surface area (TPSA) is 64.6 Å². The van der Waals surface area contributed by atoms with E-state index in [-0.39, 0.29) is 31.3 Å². The first kappa shape index (κ1) is 18.0. The Balaban J connectivity index is 1.84. The lowest BCUT2D eigenvalue weighted by molar-refractivity contribution is -0.154. The van der Waals surface area contributed by atoms with Gasteiger partial charge in [-0.1, -0.05) is 0 Å². The van der Waals surface area contributed by atoms with Gasteiger partial charge in [0.25, 0.3) is 5.91 Å². The molecule has 0 aliphatic carbocycles. The van der Waals surface area contributed by atoms with Crippen molar-refractivity contribution in [3.63, 3.8) is 0 Å². The van der Waals surface area contributed by atoms with Crippen LogP contribution in [-0.4, -0.2) is 24.1 Å². The van der Waals surface area contributed by atoms with Crippen LogP contribution < -0.4 is 10.1 Å². The quantitative estimate of drug-likeness (QED) is 0.810. The summed E-state index contributed by atoms with van der Waals surface area (Å²) in [7, 11) is 0. The van der Waals surface area contributed by atoms with Gasteiger partial charge in [-0.05, 0) is 56.5 Å². The fourth-order valence-corrected chi connectivity index (χ4v) is 2.29. The number of nitrogens with one attached hydrogen (secondary N) is 1. The molecule has 5 nitrogen and oxygen atoms in total. The highest BCUT2D eigenvalue weighted by Gasteiger charge is 2.19. The Kier molecular flexibility index (Phi) is 5.59. The first-order valence-electron chi connectivity index (χ1n) is 7.82. The standard InChI is InChI=1S/C18H22FNO4/c1-18(2,3)24-16(21)7-4-12(9-19)11-23-14-5-6-15-13(8-14)10-20-17(15)22/h5-6,8-9H,4,7,10-11H2,1-3H3,(H,20,22)/b12-9+. The summed E-state index contributed by atoms with van der Waals surface area (Å²) in [4.78, 5) is 23.1. The highest BCUT2D eigenvalue weighted by molar-refractivity contribution is 5.98. The molecule has 0 unspecified atom stereocenters. The molecule has 0 saturated heterocycles. The zero-order valence-corrected chi connectivity index (χ0v) is 14.1. The van der Waals surface area contributed by atoms with Crippen LogP contribution in [0.3, 0.4) is 0 Å². The number of carbonyl (C=O) groups is 2. The number of hydrogen-bond acceptors (Lipinski definition) is 4. The zero-order chi connectivity index (χ0) is 17.7. The lowest BCUT2D eigenvalue weighted by Crippen LogP contribution is -2.23. The second kappa shape index (κ2) is 7.47. The first-order chi connectivity index (χ1) is 11.3. The molecule has 0 spiro atoms. The minimum atomic E-state index is -0.553. The van der Waals surface area contributed by atoms with Crippen molar-refractivity contribution >= 4 is 11.9 Å². The molecule has 0 saturated carbocycles. The number of ether oxygens (including phenoxy) is 2. The van der Waals surface area contributed by atoms with E-state index in [1.54, 1.807) is 39.0 Å². The molecule has 0 radical (unpaired) electrons. The molecule has 0 bridgehead atoms. The van der Waals surface area contributed by atoms with Gasteiger partial charge in [-0.25, -0.2) is 4.39 Å². The Labute approximate surface area is 140 Å². The fraction of sp³-hybridized carbons (Fsp3) is 0.444. The Morgan fingerprint density at radius 2 is 2.08 bits per heavy atom. The lowest BCUT2D eigenvalue weighted by Gasteiger charge is -2.19. The maximum Gasteiger partial charge on any atom is 0.306 e. The van der Waals surface area contributed by atoms with Crippen LogP contribution in [-0.2, 0) is 16.1 Å². The summed E-state index contributed by atoms with van der Waals surface area (Å²) in [5, 5.41) is 2.72. The molecule has 6 heteroatoms. The third kappa shape index (κ3) is 5.08. The largest absolute Gasteiger partial charge is 0.489 e. The molecule has 1 amide bonds. The SMILES string of the molecule is CC(C)(C)OC(=O)CC/C(=C\F)COc1ccc2c(c1)CNC2=O. The van der Waals surface area contributed by atoms with Gasteiger partial charge in [0, 0.05) is 18.5 Å². The number of benzene rings is 1. The second-order valence-electron chi connectivity index (χ2n) is 6.64. The van der Waals surface area contributed by atoms with E-state index in [9.17, 15) is 14.0 Å². The third-order valence-electron chi connectivity index (χ3n) is 3.41. The molecular weight excluding hydrogens is 313 g/mol. The Bertz CT molecular complexity index is 661. The number of esters is 1. The number of amides is 1. The van der Waals surface area contributed by atoms with Crippen molar-refractivity contribution in [2.24, 2.45) is 0 Å². The molecule has 0 atom stereocenters. The maximum atomic E-state index is 13.0. The van der Waals surface area contributed by atoms with Crippen molar-refractivity contribution in [1.29, 1.82) is 0 Å². The Morgan fingerprint density at radius 3 is 2.75 bits per heavy atom. The van der Waals surface area contributed by atoms with Gasteiger partial charge in [0.05, 0.1) is 6.33 Å². The van der Waals surface area contributed by atoms with Crippen LogP contribution in [0.25, 0.3) is 0 Å². The molecule has 1 aromatic carbocycles. The fourth-order valence-electron chi connectivity index (χ4n) is 2.29. The third-order valence-corrected chi connectivity index (χ3v) is 3.41. The van der Waals surface area contributed by atoms with Gasteiger partial charge in [0.15, 0.2) is 0 Å². The molecule has 0 aromatic heterocycles. The molecule has 1 heterocycles. The van der Waals surface area contributed by atoms with E-state index in [2.05, 4.69) is 5.32 Å². The van der Waals surface area contributed by atoms with E-state index in [4.69, 9.17) is 9.47 Å². The van der Waals surface area contributed by atoms with Crippen LogP contribution in [0.4, 0.5) is 4.39 Å². The van der Waals surface area contributed by atoms with Crippen molar-refractivity contribution in [2.45, 2.75) is 45.8 Å². The summed E-state index contributed by atoms with van der Waals surface area (Å²) in [5.74, 6) is 0.0871. The van der Waals surface area contributed by atoms with E-state index < -0.39 is 5.60 Å². The minimum absolute atomic E-state index is 0.0411. The lowest BCUT2D eigenvalue weighted by atomic mass is 10.1. The monoisotopic (exact) mass is 335 g/mol. The zero-order valence-electron chi connectivity index (χ0n) is 14.1. The van der Waals surface area contributed by atoms with Crippen LogP contribution in [0.5, 0.6) is 5.75 Å². The summed E-state index contributed by atoms with van der Waals surface area (Å²) in [6.07, 6.45) is 0.790. The number of rotatable bonds is 6. The molecule has 2 rings (SSSR count). The summed E-state index contributed by atoms with van der Waals surface area (Å²) in [6.45, 7) is 5.86. The van der Waals surface area contributed by atoms with Crippen LogP contribution in [0.2, 0.25) is 0 Å². The van der Waals surface area contributed by atoms with Crippen molar-refractivity contribution in [3.05, 3.63) is 41.2 Å². The van der Waals surface area contributed by atoms with Crippen LogP contribution >= 0.6 is 0 Å². The normalized spacial score (nSPS) is 14.2. The number of fused-ring (bicyclic) bond motifs is 1. The molecule has 24 heavy (non-hydrogen) atoms. The number of carbonyl (C=O) groups excluding carboxylic acids is 2. The van der Waals surface area contributed by atoms with Gasteiger partial charge in [-0.15, -0.1) is 0 Å². The average molecular weight is 335 g/mol. The maximum absolute atomic E-state index is 13.0. The van der Waals surface area contributed by atoms with Gasteiger partial charge < -0.3 is 14.8 Å². The van der Waals surface area contributed by atoms with Gasteiger partial charge in [-0.2, -0.15) is 0 Å². The van der Waals surface area contributed by atoms with Crippen molar-refractivity contribution in [3.8, 4) is 5.75 Å². The van der Waals surface area contributed by atoms with Crippen LogP contribution in [0.15, 0.2) is 30.1 Å². The van der Waals surface area contributed by atoms with Crippen molar-refractivity contribution in [2.75, 3.05) is 6.61 Å². The molecule has 130 valence electrons. The van der Waals surface area contributed by atoms with E-state index in [0.717, 1.165) is 5.56 Å². The summed E-state index contributed by atoms with van der Waals surface area (Å²) >= 11 is 0. The van der Waals surface area contributed by atoms with E-state index in [1.165, 1.54) is 0 Å². The van der Waals surface area contributed by atoms with E-state index >= 15 is 0 Å². The number of halogens is 1. The Morgan fingerprint density at radius 1 is 1.33 bits per heavy atom. The summed E-state index contributed by atoms with van der Waals surface area (Å²) in [6, 6.07) is 5.12. The molecule has 1 N–H and O–H groups in total.